The zero-order valence-corrected chi connectivity index (χ0v) is 12.6. The van der Waals surface area contributed by atoms with Crippen LogP contribution in [-0.2, 0) is 16.0 Å². The van der Waals surface area contributed by atoms with E-state index in [9.17, 15) is 4.79 Å². The van der Waals surface area contributed by atoms with Gasteiger partial charge in [-0.15, -0.1) is 0 Å². The van der Waals surface area contributed by atoms with Gasteiger partial charge in [-0.05, 0) is 18.4 Å². The van der Waals surface area contributed by atoms with Crippen molar-refractivity contribution in [2.75, 3.05) is 25.1 Å². The fourth-order valence-electron chi connectivity index (χ4n) is 2.34. The molecule has 2 rings (SSSR count). The molecule has 0 radical (unpaired) electrons. The molecule has 0 bridgehead atoms. The highest BCUT2D eigenvalue weighted by Gasteiger charge is 2.25. The zero-order chi connectivity index (χ0) is 13.5. The van der Waals surface area contributed by atoms with E-state index in [1.54, 1.807) is 0 Å². The second-order valence-electron chi connectivity index (χ2n) is 4.81. The van der Waals surface area contributed by atoms with Crippen LogP contribution in [-0.4, -0.2) is 41.9 Å². The molecule has 3 nitrogen and oxygen atoms in total. The summed E-state index contributed by atoms with van der Waals surface area (Å²) in [7, 11) is 0. The summed E-state index contributed by atoms with van der Waals surface area (Å²) in [6.45, 7) is 2.03. The third kappa shape index (κ3) is 4.32. The quantitative estimate of drug-likeness (QED) is 0.779. The number of amides is 1. The standard InChI is InChI=1S/C15H20BrNO2/c16-11-14-12-19-10-9-17(14)15(18)8-4-7-13-5-2-1-3-6-13/h1-3,5-6,14H,4,7-12H2. The van der Waals surface area contributed by atoms with Crippen molar-refractivity contribution in [3.8, 4) is 0 Å². The average Bonchev–Trinajstić information content (AvgIpc) is 2.48. The van der Waals surface area contributed by atoms with Gasteiger partial charge in [-0.25, -0.2) is 0 Å². The Morgan fingerprint density at radius 1 is 1.37 bits per heavy atom. The number of morpholine rings is 1. The Bertz CT molecular complexity index is 396. The Hall–Kier alpha value is -0.870. The molecule has 1 aromatic carbocycles. The van der Waals surface area contributed by atoms with Crippen molar-refractivity contribution in [2.24, 2.45) is 0 Å². The molecule has 1 fully saturated rings. The van der Waals surface area contributed by atoms with Crippen LogP contribution in [0.5, 0.6) is 0 Å². The smallest absolute Gasteiger partial charge is 0.223 e. The van der Waals surface area contributed by atoms with Crippen molar-refractivity contribution in [2.45, 2.75) is 25.3 Å². The number of alkyl halides is 1. The van der Waals surface area contributed by atoms with E-state index in [0.717, 1.165) is 24.7 Å². The molecule has 19 heavy (non-hydrogen) atoms. The lowest BCUT2D eigenvalue weighted by Gasteiger charge is -2.34. The molecule has 0 N–H and O–H groups in total. The molecule has 1 aliphatic rings. The molecule has 1 amide bonds. The fraction of sp³-hybridized carbons (Fsp3) is 0.533. The van der Waals surface area contributed by atoms with Gasteiger partial charge in [0.15, 0.2) is 0 Å². The van der Waals surface area contributed by atoms with Crippen LogP contribution in [0.25, 0.3) is 0 Å². The number of hydrogen-bond acceptors (Lipinski definition) is 2. The van der Waals surface area contributed by atoms with Crippen LogP contribution in [0.3, 0.4) is 0 Å². The van der Waals surface area contributed by atoms with Gasteiger partial charge < -0.3 is 9.64 Å². The molecule has 1 atom stereocenters. The molecule has 1 heterocycles. The molecule has 0 aromatic heterocycles. The van der Waals surface area contributed by atoms with Crippen molar-refractivity contribution in [1.29, 1.82) is 0 Å². The SMILES string of the molecule is O=C(CCCc1ccccc1)N1CCOCC1CBr. The summed E-state index contributed by atoms with van der Waals surface area (Å²) in [5.41, 5.74) is 1.30. The number of benzene rings is 1. The lowest BCUT2D eigenvalue weighted by atomic mass is 10.1. The molecular weight excluding hydrogens is 306 g/mol. The summed E-state index contributed by atoms with van der Waals surface area (Å²) in [6.07, 6.45) is 2.50. The highest BCUT2D eigenvalue weighted by Crippen LogP contribution is 2.13. The van der Waals surface area contributed by atoms with Gasteiger partial charge >= 0.3 is 0 Å². The average molecular weight is 326 g/mol. The predicted molar refractivity (Wildman–Crippen MR) is 79.5 cm³/mol. The van der Waals surface area contributed by atoms with Crippen molar-refractivity contribution < 1.29 is 9.53 Å². The summed E-state index contributed by atoms with van der Waals surface area (Å²) < 4.78 is 5.40. The van der Waals surface area contributed by atoms with Gasteiger partial charge in [0.05, 0.1) is 19.3 Å². The number of carbonyl (C=O) groups is 1. The van der Waals surface area contributed by atoms with Crippen LogP contribution >= 0.6 is 15.9 Å². The molecule has 0 aliphatic carbocycles. The van der Waals surface area contributed by atoms with E-state index in [4.69, 9.17) is 4.74 Å². The first-order chi connectivity index (χ1) is 9.31. The van der Waals surface area contributed by atoms with Gasteiger partial charge in [0.1, 0.15) is 0 Å². The minimum atomic E-state index is 0.193. The summed E-state index contributed by atoms with van der Waals surface area (Å²) >= 11 is 3.45. The summed E-state index contributed by atoms with van der Waals surface area (Å²) in [5, 5.41) is 0.789. The largest absolute Gasteiger partial charge is 0.377 e. The molecular formula is C15H20BrNO2. The van der Waals surface area contributed by atoms with Crippen LogP contribution in [0.15, 0.2) is 30.3 Å². The van der Waals surface area contributed by atoms with Crippen LogP contribution in [0, 0.1) is 0 Å². The van der Waals surface area contributed by atoms with Crippen LogP contribution in [0.2, 0.25) is 0 Å². The lowest BCUT2D eigenvalue weighted by molar-refractivity contribution is -0.138. The number of halogens is 1. The van der Waals surface area contributed by atoms with Gasteiger partial charge in [-0.2, -0.15) is 0 Å². The molecule has 0 saturated carbocycles. The fourth-order valence-corrected chi connectivity index (χ4v) is 2.88. The second-order valence-corrected chi connectivity index (χ2v) is 5.46. The molecule has 1 aliphatic heterocycles. The van der Waals surface area contributed by atoms with E-state index in [-0.39, 0.29) is 11.9 Å². The van der Waals surface area contributed by atoms with Crippen LogP contribution in [0.4, 0.5) is 0 Å². The number of hydrogen-bond donors (Lipinski definition) is 0. The van der Waals surface area contributed by atoms with Gasteiger partial charge in [-0.1, -0.05) is 46.3 Å². The number of carbonyl (C=O) groups excluding carboxylic acids is 1. The van der Waals surface area contributed by atoms with Crippen molar-refractivity contribution in [3.63, 3.8) is 0 Å². The Morgan fingerprint density at radius 3 is 2.89 bits per heavy atom. The normalized spacial score (nSPS) is 19.4. The topological polar surface area (TPSA) is 29.5 Å². The van der Waals surface area contributed by atoms with E-state index >= 15 is 0 Å². The molecule has 1 unspecified atom stereocenters. The molecule has 104 valence electrons. The van der Waals surface area contributed by atoms with Crippen LogP contribution in [0.1, 0.15) is 18.4 Å². The van der Waals surface area contributed by atoms with Crippen LogP contribution < -0.4 is 0 Å². The van der Waals surface area contributed by atoms with Crippen molar-refractivity contribution in [1.82, 2.24) is 4.90 Å². The van der Waals surface area contributed by atoms with Gasteiger partial charge in [-0.3, -0.25) is 4.79 Å². The first-order valence-electron chi connectivity index (χ1n) is 6.78. The maximum Gasteiger partial charge on any atom is 0.223 e. The second kappa shape index (κ2) is 7.65. The number of aryl methyl sites for hydroxylation is 1. The van der Waals surface area contributed by atoms with Crippen molar-refractivity contribution in [3.05, 3.63) is 35.9 Å². The summed E-state index contributed by atoms with van der Waals surface area (Å²) in [6, 6.07) is 10.5. The lowest BCUT2D eigenvalue weighted by Crippen LogP contribution is -2.49. The van der Waals surface area contributed by atoms with E-state index in [2.05, 4.69) is 28.1 Å². The van der Waals surface area contributed by atoms with Gasteiger partial charge in [0.25, 0.3) is 0 Å². The summed E-state index contributed by atoms with van der Waals surface area (Å²) in [5.74, 6) is 0.253. The Labute approximate surface area is 123 Å². The maximum atomic E-state index is 12.2. The minimum Gasteiger partial charge on any atom is -0.377 e. The minimum absolute atomic E-state index is 0.193. The molecule has 0 spiro atoms. The Morgan fingerprint density at radius 2 is 2.16 bits per heavy atom. The maximum absolute atomic E-state index is 12.2. The molecule has 4 heteroatoms. The highest BCUT2D eigenvalue weighted by atomic mass is 79.9. The van der Waals surface area contributed by atoms with E-state index in [1.165, 1.54) is 5.56 Å². The molecule has 1 aromatic rings. The highest BCUT2D eigenvalue weighted by molar-refractivity contribution is 9.09. The zero-order valence-electron chi connectivity index (χ0n) is 11.1. The Balaban J connectivity index is 1.77. The molecule has 1 saturated heterocycles. The van der Waals surface area contributed by atoms with Gasteiger partial charge in [0, 0.05) is 18.3 Å². The van der Waals surface area contributed by atoms with E-state index < -0.39 is 0 Å². The number of ether oxygens (including phenoxy) is 1. The number of rotatable bonds is 5. The third-order valence-corrected chi connectivity index (χ3v) is 4.17. The predicted octanol–water partition coefficient (Wildman–Crippen LogP) is 2.63. The Kier molecular flexibility index (Phi) is 5.86. The van der Waals surface area contributed by atoms with Crippen molar-refractivity contribution >= 4 is 21.8 Å². The first-order valence-corrected chi connectivity index (χ1v) is 7.90. The van der Waals surface area contributed by atoms with E-state index in [1.807, 2.05) is 23.1 Å². The van der Waals surface area contributed by atoms with Gasteiger partial charge in [0.2, 0.25) is 5.91 Å². The monoisotopic (exact) mass is 325 g/mol. The first kappa shape index (κ1) is 14.5. The third-order valence-electron chi connectivity index (χ3n) is 3.42. The summed E-state index contributed by atoms with van der Waals surface area (Å²) in [4.78, 5) is 14.2. The van der Waals surface area contributed by atoms with E-state index in [0.29, 0.717) is 19.6 Å². The number of nitrogens with zero attached hydrogens (tertiary/aromatic N) is 1.